The molecule has 0 saturated carbocycles. The van der Waals surface area contributed by atoms with Crippen molar-refractivity contribution in [2.75, 3.05) is 0 Å². The molecule has 0 spiro atoms. The number of carbonyl (C=O) groups excluding carboxylic acids is 2. The Kier molecular flexibility index (Phi) is 6.39. The number of benzene rings is 2. The van der Waals surface area contributed by atoms with Crippen LogP contribution in [0.4, 0.5) is 0 Å². The van der Waals surface area contributed by atoms with Crippen molar-refractivity contribution in [1.82, 2.24) is 0 Å². The Bertz CT molecular complexity index is 1260. The van der Waals surface area contributed by atoms with Gasteiger partial charge < -0.3 is 14.3 Å². The van der Waals surface area contributed by atoms with E-state index in [1.54, 1.807) is 37.3 Å². The van der Waals surface area contributed by atoms with Crippen LogP contribution in [-0.2, 0) is 17.6 Å². The maximum atomic E-state index is 12.9. The second-order valence-corrected chi connectivity index (χ2v) is 7.69. The molecule has 3 rings (SSSR count). The molecule has 0 radical (unpaired) electrons. The van der Waals surface area contributed by atoms with Gasteiger partial charge in [-0.25, -0.2) is 4.79 Å². The fraction of sp³-hybridized carbons (Fsp3) is 0.240. The number of rotatable bonds is 6. The third-order valence-electron chi connectivity index (χ3n) is 4.91. The van der Waals surface area contributed by atoms with Gasteiger partial charge in [-0.05, 0) is 69.2 Å². The molecular formula is C25H24O6. The van der Waals surface area contributed by atoms with E-state index in [0.717, 1.165) is 5.57 Å². The van der Waals surface area contributed by atoms with Crippen LogP contribution in [0.5, 0.6) is 11.5 Å². The van der Waals surface area contributed by atoms with Gasteiger partial charge >= 0.3 is 11.6 Å². The van der Waals surface area contributed by atoms with Crippen LogP contribution in [0.3, 0.4) is 0 Å². The summed E-state index contributed by atoms with van der Waals surface area (Å²) >= 11 is 0. The van der Waals surface area contributed by atoms with Crippen molar-refractivity contribution in [2.45, 2.75) is 40.5 Å². The molecule has 31 heavy (non-hydrogen) atoms. The van der Waals surface area contributed by atoms with Gasteiger partial charge in [0.25, 0.3) is 0 Å². The number of carbonyl (C=O) groups is 2. The van der Waals surface area contributed by atoms with E-state index in [4.69, 9.17) is 9.15 Å². The first kappa shape index (κ1) is 22.0. The molecule has 0 aliphatic carbocycles. The van der Waals surface area contributed by atoms with E-state index < -0.39 is 11.6 Å². The number of allylic oxidation sites excluding steroid dienone is 2. The topological polar surface area (TPSA) is 93.8 Å². The summed E-state index contributed by atoms with van der Waals surface area (Å²) in [5, 5.41) is 10.4. The minimum atomic E-state index is -0.615. The van der Waals surface area contributed by atoms with Crippen LogP contribution < -0.4 is 10.4 Å². The Hall–Kier alpha value is -3.67. The van der Waals surface area contributed by atoms with E-state index in [0.29, 0.717) is 39.8 Å². The standard InChI is InChI=1S/C25H24O6/c1-14(2)5-6-18-11-17(8-10-23(18)30-16(4)26)22(28)13-20-12-19-7-9-21(27)15(3)24(19)31-25(20)29/h5,7-12,27H,6,13H2,1-4H3. The van der Waals surface area contributed by atoms with Gasteiger partial charge in [0.1, 0.15) is 17.1 Å². The first-order valence-corrected chi connectivity index (χ1v) is 9.89. The van der Waals surface area contributed by atoms with E-state index in [9.17, 15) is 19.5 Å². The molecule has 6 heteroatoms. The molecule has 0 amide bonds. The molecule has 3 aromatic rings. The van der Waals surface area contributed by atoms with E-state index in [1.807, 2.05) is 19.9 Å². The lowest BCUT2D eigenvalue weighted by Crippen LogP contribution is -2.14. The van der Waals surface area contributed by atoms with Gasteiger partial charge in [-0.1, -0.05) is 11.6 Å². The molecular weight excluding hydrogens is 396 g/mol. The van der Waals surface area contributed by atoms with Gasteiger partial charge in [0.05, 0.1) is 0 Å². The number of ketones is 1. The third kappa shape index (κ3) is 5.09. The first-order valence-electron chi connectivity index (χ1n) is 9.89. The smallest absolute Gasteiger partial charge is 0.339 e. The second-order valence-electron chi connectivity index (χ2n) is 7.69. The Morgan fingerprint density at radius 1 is 1.06 bits per heavy atom. The zero-order valence-corrected chi connectivity index (χ0v) is 17.9. The molecule has 160 valence electrons. The number of hydrogen-bond donors (Lipinski definition) is 1. The molecule has 1 heterocycles. The van der Waals surface area contributed by atoms with Crippen LogP contribution in [0.25, 0.3) is 11.0 Å². The predicted molar refractivity (Wildman–Crippen MR) is 118 cm³/mol. The van der Waals surface area contributed by atoms with Gasteiger partial charge in [-0.2, -0.15) is 0 Å². The molecule has 0 atom stereocenters. The monoisotopic (exact) mass is 420 g/mol. The Labute approximate surface area is 179 Å². The number of aromatic hydroxyl groups is 1. The van der Waals surface area contributed by atoms with Crippen molar-refractivity contribution in [3.05, 3.63) is 80.7 Å². The molecule has 0 unspecified atom stereocenters. The highest BCUT2D eigenvalue weighted by atomic mass is 16.5. The van der Waals surface area contributed by atoms with Crippen LogP contribution in [0.2, 0.25) is 0 Å². The summed E-state index contributed by atoms with van der Waals surface area (Å²) in [6.07, 6.45) is 2.35. The average Bonchev–Trinajstić information content (AvgIpc) is 2.70. The molecule has 1 N–H and O–H groups in total. The fourth-order valence-electron chi connectivity index (χ4n) is 3.24. The Balaban J connectivity index is 1.94. The Morgan fingerprint density at radius 2 is 1.81 bits per heavy atom. The van der Waals surface area contributed by atoms with Crippen LogP contribution in [0, 0.1) is 6.92 Å². The zero-order valence-electron chi connectivity index (χ0n) is 17.9. The van der Waals surface area contributed by atoms with Crippen molar-refractivity contribution in [3.63, 3.8) is 0 Å². The first-order chi connectivity index (χ1) is 14.7. The molecule has 0 saturated heterocycles. The van der Waals surface area contributed by atoms with E-state index in [2.05, 4.69) is 0 Å². The molecule has 2 aromatic carbocycles. The van der Waals surface area contributed by atoms with Crippen molar-refractivity contribution in [3.8, 4) is 11.5 Å². The number of hydrogen-bond acceptors (Lipinski definition) is 6. The summed E-state index contributed by atoms with van der Waals surface area (Å²) in [4.78, 5) is 36.7. The normalized spacial score (nSPS) is 10.7. The van der Waals surface area contributed by atoms with Crippen molar-refractivity contribution < 1.29 is 23.8 Å². The summed E-state index contributed by atoms with van der Waals surface area (Å²) in [5.41, 5.74) is 2.61. The summed E-state index contributed by atoms with van der Waals surface area (Å²) in [6, 6.07) is 9.63. The number of Topliss-reactive ketones (excluding diaryl/α,β-unsaturated/α-hetero) is 1. The Morgan fingerprint density at radius 3 is 2.48 bits per heavy atom. The molecule has 0 fully saturated rings. The minimum Gasteiger partial charge on any atom is -0.508 e. The molecule has 0 bridgehead atoms. The van der Waals surface area contributed by atoms with Gasteiger partial charge in [0.2, 0.25) is 0 Å². The highest BCUT2D eigenvalue weighted by Crippen LogP contribution is 2.26. The maximum absolute atomic E-state index is 12.9. The summed E-state index contributed by atoms with van der Waals surface area (Å²) < 4.78 is 10.6. The van der Waals surface area contributed by atoms with E-state index >= 15 is 0 Å². The van der Waals surface area contributed by atoms with E-state index in [1.165, 1.54) is 13.0 Å². The number of aryl methyl sites for hydroxylation is 1. The third-order valence-corrected chi connectivity index (χ3v) is 4.91. The lowest BCUT2D eigenvalue weighted by molar-refractivity contribution is -0.131. The van der Waals surface area contributed by atoms with Gasteiger partial charge in [-0.15, -0.1) is 0 Å². The molecule has 1 aromatic heterocycles. The number of fused-ring (bicyclic) bond motifs is 1. The largest absolute Gasteiger partial charge is 0.508 e. The second kappa shape index (κ2) is 9.00. The zero-order chi connectivity index (χ0) is 22.7. The van der Waals surface area contributed by atoms with E-state index in [-0.39, 0.29) is 23.5 Å². The number of phenolic OH excluding ortho intramolecular Hbond substituents is 1. The average molecular weight is 420 g/mol. The quantitative estimate of drug-likeness (QED) is 0.205. The highest BCUT2D eigenvalue weighted by Gasteiger charge is 2.16. The maximum Gasteiger partial charge on any atom is 0.339 e. The van der Waals surface area contributed by atoms with Crippen LogP contribution in [-0.4, -0.2) is 16.9 Å². The number of esters is 1. The van der Waals surface area contributed by atoms with Gasteiger partial charge in [0.15, 0.2) is 5.78 Å². The van der Waals surface area contributed by atoms with Crippen LogP contribution >= 0.6 is 0 Å². The van der Waals surface area contributed by atoms with Crippen LogP contribution in [0.1, 0.15) is 47.8 Å². The van der Waals surface area contributed by atoms with Gasteiger partial charge in [0, 0.05) is 35.4 Å². The van der Waals surface area contributed by atoms with Crippen LogP contribution in [0.15, 0.2) is 57.3 Å². The lowest BCUT2D eigenvalue weighted by atomic mass is 9.99. The van der Waals surface area contributed by atoms with Crippen molar-refractivity contribution in [2.24, 2.45) is 0 Å². The van der Waals surface area contributed by atoms with Crippen molar-refractivity contribution >= 4 is 22.7 Å². The summed E-state index contributed by atoms with van der Waals surface area (Å²) in [5.74, 6) is -0.249. The summed E-state index contributed by atoms with van der Waals surface area (Å²) in [7, 11) is 0. The molecule has 0 aliphatic heterocycles. The summed E-state index contributed by atoms with van der Waals surface area (Å²) in [6.45, 7) is 6.90. The fourth-order valence-corrected chi connectivity index (χ4v) is 3.24. The number of ether oxygens (including phenoxy) is 1. The lowest BCUT2D eigenvalue weighted by Gasteiger charge is -2.10. The SMILES string of the molecule is CC(=O)Oc1ccc(C(=O)Cc2cc3ccc(O)c(C)c3oc2=O)cc1CC=C(C)C. The van der Waals surface area contributed by atoms with Crippen molar-refractivity contribution in [1.29, 1.82) is 0 Å². The molecule has 0 aliphatic rings. The van der Waals surface area contributed by atoms with Gasteiger partial charge in [-0.3, -0.25) is 9.59 Å². The number of phenols is 1. The predicted octanol–water partition coefficient (Wildman–Crippen LogP) is 4.67. The molecule has 6 nitrogen and oxygen atoms in total. The minimum absolute atomic E-state index is 0.0382. The highest BCUT2D eigenvalue weighted by molar-refractivity contribution is 5.98.